The van der Waals surface area contributed by atoms with Crippen molar-refractivity contribution in [2.45, 2.75) is 83.3 Å². The molecule has 19 heavy (non-hydrogen) atoms. The Morgan fingerprint density at radius 3 is 2.11 bits per heavy atom. The molecule has 0 heterocycles. The molecule has 112 valence electrons. The maximum Gasteiger partial charge on any atom is 0.119 e. The third kappa shape index (κ3) is 5.96. The van der Waals surface area contributed by atoms with Crippen LogP contribution in [0.1, 0.15) is 38.5 Å². The van der Waals surface area contributed by atoms with Gasteiger partial charge in [-0.3, -0.25) is 0 Å². The monoisotopic (exact) mass is 297 g/mol. The normalized spacial score (nSPS) is 18.8. The van der Waals surface area contributed by atoms with Crippen LogP contribution in [0.2, 0.25) is 38.8 Å². The summed E-state index contributed by atoms with van der Waals surface area (Å²) in [6.45, 7) is 17.8. The molecule has 0 aliphatic heterocycles. The van der Waals surface area contributed by atoms with Crippen LogP contribution in [-0.4, -0.2) is 33.5 Å². The number of nitrogens with zero attached hydrogens (tertiary/aromatic N) is 1. The van der Waals surface area contributed by atoms with Crippen molar-refractivity contribution in [1.82, 2.24) is 4.57 Å². The summed E-state index contributed by atoms with van der Waals surface area (Å²) >= 11 is 0. The van der Waals surface area contributed by atoms with Crippen molar-refractivity contribution in [2.75, 3.05) is 6.54 Å². The Morgan fingerprint density at radius 2 is 1.63 bits per heavy atom. The van der Waals surface area contributed by atoms with Gasteiger partial charge in [0.15, 0.2) is 0 Å². The van der Waals surface area contributed by atoms with Gasteiger partial charge in [0, 0.05) is 6.04 Å². The molecule has 0 N–H and O–H groups in total. The summed E-state index contributed by atoms with van der Waals surface area (Å²) in [7, 11) is -2.26. The molecule has 1 aliphatic carbocycles. The van der Waals surface area contributed by atoms with E-state index < -0.39 is 16.3 Å². The van der Waals surface area contributed by atoms with Crippen LogP contribution in [0.15, 0.2) is 12.3 Å². The largest absolute Gasteiger partial charge is 0.321 e. The molecule has 0 amide bonds. The fourth-order valence-electron chi connectivity index (χ4n) is 3.27. The number of hydrogen-bond donors (Lipinski definition) is 0. The van der Waals surface area contributed by atoms with Crippen molar-refractivity contribution in [2.24, 2.45) is 0 Å². The summed E-state index contributed by atoms with van der Waals surface area (Å²) in [6.07, 6.45) is 8.66. The van der Waals surface area contributed by atoms with Gasteiger partial charge in [-0.05, 0) is 25.8 Å². The Bertz CT molecular complexity index is 275. The summed E-state index contributed by atoms with van der Waals surface area (Å²) in [5.74, 6) is 0. The topological polar surface area (TPSA) is 3.24 Å². The van der Waals surface area contributed by atoms with E-state index in [-0.39, 0.29) is 0 Å². The zero-order chi connectivity index (χ0) is 14.5. The van der Waals surface area contributed by atoms with Gasteiger partial charge >= 0.3 is 0 Å². The van der Waals surface area contributed by atoms with E-state index >= 15 is 0 Å². The molecular formula is C16H35NSi2. The van der Waals surface area contributed by atoms with E-state index in [9.17, 15) is 0 Å². The van der Waals surface area contributed by atoms with Gasteiger partial charge in [-0.1, -0.05) is 58.0 Å². The Hall–Kier alpha value is 0.134. The maximum atomic E-state index is 4.03. The average Bonchev–Trinajstić information content (AvgIpc) is 2.34. The standard InChI is InChI=1S/C16H35NSi2/c1-7-19(5,6)15-11-14-17(18(2,3)4)16-12-9-8-10-13-16/h7,16H,1,8-15H2,2-6H3. The molecule has 0 aromatic rings. The van der Waals surface area contributed by atoms with Crippen LogP contribution in [-0.2, 0) is 0 Å². The lowest BCUT2D eigenvalue weighted by atomic mass is 9.95. The Kier molecular flexibility index (Phi) is 6.54. The van der Waals surface area contributed by atoms with Gasteiger partial charge in [-0.15, -0.1) is 12.3 Å². The Morgan fingerprint density at radius 1 is 1.05 bits per heavy atom. The summed E-state index contributed by atoms with van der Waals surface area (Å²) in [4.78, 5) is 0. The van der Waals surface area contributed by atoms with Crippen molar-refractivity contribution in [3.05, 3.63) is 12.3 Å². The molecule has 1 aliphatic rings. The molecule has 0 bridgehead atoms. The second-order valence-electron chi connectivity index (χ2n) is 7.95. The molecule has 1 fully saturated rings. The Balaban J connectivity index is 2.53. The van der Waals surface area contributed by atoms with E-state index in [4.69, 9.17) is 0 Å². The minimum atomic E-state index is -1.16. The highest BCUT2D eigenvalue weighted by molar-refractivity contribution is 6.82. The molecule has 1 saturated carbocycles. The first-order valence-corrected chi connectivity index (χ1v) is 14.9. The molecule has 0 radical (unpaired) electrons. The highest BCUT2D eigenvalue weighted by Gasteiger charge is 2.31. The third-order valence-electron chi connectivity index (χ3n) is 4.65. The van der Waals surface area contributed by atoms with Crippen LogP contribution in [0, 0.1) is 0 Å². The van der Waals surface area contributed by atoms with Gasteiger partial charge in [0.1, 0.15) is 8.24 Å². The molecule has 1 rings (SSSR count). The molecule has 1 nitrogen and oxygen atoms in total. The van der Waals surface area contributed by atoms with Gasteiger partial charge < -0.3 is 4.57 Å². The summed E-state index contributed by atoms with van der Waals surface area (Å²) in [6, 6.07) is 2.30. The van der Waals surface area contributed by atoms with Gasteiger partial charge in [0.05, 0.1) is 8.07 Å². The van der Waals surface area contributed by atoms with Crippen molar-refractivity contribution in [3.8, 4) is 0 Å². The third-order valence-corrected chi connectivity index (χ3v) is 9.71. The summed E-state index contributed by atoms with van der Waals surface area (Å²) < 4.78 is 2.93. The van der Waals surface area contributed by atoms with Gasteiger partial charge in [-0.2, -0.15) is 0 Å². The SMILES string of the molecule is C=C[Si](C)(C)CCCN(C1CCCCC1)[Si](C)(C)C. The first kappa shape index (κ1) is 17.2. The molecule has 0 saturated heterocycles. The quantitative estimate of drug-likeness (QED) is 0.578. The summed E-state index contributed by atoms with van der Waals surface area (Å²) in [5.41, 5.74) is 2.26. The summed E-state index contributed by atoms with van der Waals surface area (Å²) in [5, 5.41) is 0. The fraction of sp³-hybridized carbons (Fsp3) is 0.875. The predicted octanol–water partition coefficient (Wildman–Crippen LogP) is 5.28. The van der Waals surface area contributed by atoms with Crippen LogP contribution in [0.3, 0.4) is 0 Å². The minimum absolute atomic E-state index is 0.897. The molecule has 0 aromatic carbocycles. The molecule has 0 spiro atoms. The van der Waals surface area contributed by atoms with Crippen LogP contribution >= 0.6 is 0 Å². The van der Waals surface area contributed by atoms with Gasteiger partial charge in [0.2, 0.25) is 0 Å². The van der Waals surface area contributed by atoms with Crippen molar-refractivity contribution in [1.29, 1.82) is 0 Å². The van der Waals surface area contributed by atoms with Crippen molar-refractivity contribution >= 4 is 16.3 Å². The van der Waals surface area contributed by atoms with E-state index in [0.29, 0.717) is 0 Å². The second-order valence-corrected chi connectivity index (χ2v) is 17.8. The lowest BCUT2D eigenvalue weighted by Crippen LogP contribution is -2.53. The van der Waals surface area contributed by atoms with E-state index in [1.54, 1.807) is 0 Å². The van der Waals surface area contributed by atoms with Crippen molar-refractivity contribution < 1.29 is 0 Å². The maximum absolute atomic E-state index is 4.03. The van der Waals surface area contributed by atoms with E-state index in [1.807, 2.05) is 0 Å². The van der Waals surface area contributed by atoms with Gasteiger partial charge in [0.25, 0.3) is 0 Å². The molecular weight excluding hydrogens is 262 g/mol. The van der Waals surface area contributed by atoms with Crippen LogP contribution in [0.4, 0.5) is 0 Å². The fourth-order valence-corrected chi connectivity index (χ4v) is 6.72. The predicted molar refractivity (Wildman–Crippen MR) is 94.0 cm³/mol. The zero-order valence-electron chi connectivity index (χ0n) is 14.0. The van der Waals surface area contributed by atoms with E-state index in [0.717, 1.165) is 6.04 Å². The van der Waals surface area contributed by atoms with Crippen molar-refractivity contribution in [3.63, 3.8) is 0 Å². The lowest BCUT2D eigenvalue weighted by molar-refractivity contribution is 0.246. The van der Waals surface area contributed by atoms with Crippen LogP contribution in [0.25, 0.3) is 0 Å². The minimum Gasteiger partial charge on any atom is -0.321 e. The first-order chi connectivity index (χ1) is 8.76. The van der Waals surface area contributed by atoms with Crippen LogP contribution in [0.5, 0.6) is 0 Å². The second kappa shape index (κ2) is 7.23. The highest BCUT2D eigenvalue weighted by Crippen LogP contribution is 2.27. The van der Waals surface area contributed by atoms with E-state index in [2.05, 4.69) is 49.6 Å². The smallest absolute Gasteiger partial charge is 0.119 e. The average molecular weight is 298 g/mol. The molecule has 3 heteroatoms. The Labute approximate surface area is 123 Å². The zero-order valence-corrected chi connectivity index (χ0v) is 16.0. The molecule has 0 atom stereocenters. The number of hydrogen-bond acceptors (Lipinski definition) is 1. The number of rotatable bonds is 7. The lowest BCUT2D eigenvalue weighted by Gasteiger charge is -2.43. The van der Waals surface area contributed by atoms with E-state index in [1.165, 1.54) is 51.1 Å². The first-order valence-electron chi connectivity index (χ1n) is 8.17. The highest BCUT2D eigenvalue weighted by atomic mass is 28.3. The molecule has 0 aromatic heterocycles. The van der Waals surface area contributed by atoms with Gasteiger partial charge in [-0.25, -0.2) is 0 Å². The van der Waals surface area contributed by atoms with Crippen LogP contribution < -0.4 is 0 Å². The molecule has 0 unspecified atom stereocenters.